The molecule has 0 amide bonds. The van der Waals surface area contributed by atoms with Gasteiger partial charge >= 0.3 is 0 Å². The monoisotopic (exact) mass is 274 g/mol. The average Bonchev–Trinajstić information content (AvgIpc) is 3.09. The van der Waals surface area contributed by atoms with E-state index in [1.807, 2.05) is 5.38 Å². The van der Waals surface area contributed by atoms with Crippen molar-refractivity contribution in [2.45, 2.75) is 25.6 Å². The van der Waals surface area contributed by atoms with E-state index in [0.29, 0.717) is 6.04 Å². The zero-order valence-electron chi connectivity index (χ0n) is 10.8. The molecule has 3 rings (SSSR count). The molecule has 1 atom stereocenters. The highest BCUT2D eigenvalue weighted by Crippen LogP contribution is 2.13. The van der Waals surface area contributed by atoms with Crippen LogP contribution < -0.4 is 5.32 Å². The lowest BCUT2D eigenvalue weighted by atomic mass is 10.2. The van der Waals surface area contributed by atoms with Gasteiger partial charge in [-0.05, 0) is 23.5 Å². The molecule has 0 spiro atoms. The van der Waals surface area contributed by atoms with Crippen molar-refractivity contribution >= 4 is 11.5 Å². The van der Waals surface area contributed by atoms with Crippen molar-refractivity contribution in [3.63, 3.8) is 0 Å². The van der Waals surface area contributed by atoms with Crippen LogP contribution in [0.15, 0.2) is 35.7 Å². The van der Waals surface area contributed by atoms with Gasteiger partial charge in [0.1, 0.15) is 0 Å². The number of nitrogens with one attached hydrogen (secondary N) is 1. The highest BCUT2D eigenvalue weighted by molar-refractivity contribution is 7.03. The number of nitrogens with zero attached hydrogens (tertiary/aromatic N) is 3. The second-order valence-corrected chi connectivity index (χ2v) is 5.59. The molecule has 0 aliphatic carbocycles. The van der Waals surface area contributed by atoms with Crippen LogP contribution in [0.2, 0.25) is 0 Å². The summed E-state index contributed by atoms with van der Waals surface area (Å²) in [5.74, 6) is 0. The summed E-state index contributed by atoms with van der Waals surface area (Å²) in [5, 5.41) is 9.62. The first kappa shape index (κ1) is 12.7. The smallest absolute Gasteiger partial charge is 0.0893 e. The van der Waals surface area contributed by atoms with E-state index in [1.165, 1.54) is 30.1 Å². The van der Waals surface area contributed by atoms with E-state index in [0.717, 1.165) is 25.3 Å². The first-order valence-corrected chi connectivity index (χ1v) is 7.49. The number of hydrogen-bond acceptors (Lipinski definition) is 5. The number of hydrogen-bond donors (Lipinski definition) is 1. The van der Waals surface area contributed by atoms with E-state index >= 15 is 0 Å². The van der Waals surface area contributed by atoms with E-state index in [4.69, 9.17) is 0 Å². The van der Waals surface area contributed by atoms with E-state index in [1.54, 1.807) is 0 Å². The minimum absolute atomic E-state index is 0.574. The van der Waals surface area contributed by atoms with Gasteiger partial charge < -0.3 is 5.32 Å². The maximum Gasteiger partial charge on any atom is 0.0893 e. The minimum Gasteiger partial charge on any atom is -0.307 e. The molecule has 1 N–H and O–H groups in total. The lowest BCUT2D eigenvalue weighted by Gasteiger charge is -2.16. The second-order valence-electron chi connectivity index (χ2n) is 4.98. The van der Waals surface area contributed by atoms with Crippen LogP contribution in [0.4, 0.5) is 0 Å². The normalized spacial score (nSPS) is 19.9. The first-order valence-electron chi connectivity index (χ1n) is 6.66. The van der Waals surface area contributed by atoms with Crippen LogP contribution in [-0.4, -0.2) is 33.6 Å². The summed E-state index contributed by atoms with van der Waals surface area (Å²) in [6.07, 6.45) is 1.21. The summed E-state index contributed by atoms with van der Waals surface area (Å²) in [6.45, 7) is 4.17. The van der Waals surface area contributed by atoms with Crippen molar-refractivity contribution in [1.29, 1.82) is 0 Å². The summed E-state index contributed by atoms with van der Waals surface area (Å²) in [5.41, 5.74) is 2.44. The van der Waals surface area contributed by atoms with Crippen LogP contribution >= 0.6 is 11.5 Å². The molecule has 19 heavy (non-hydrogen) atoms. The third-order valence-electron chi connectivity index (χ3n) is 3.50. The third-order valence-corrected chi connectivity index (χ3v) is 4.05. The Bertz CT molecular complexity index is 485. The molecule has 0 radical (unpaired) electrons. The molecule has 1 aliphatic rings. The highest BCUT2D eigenvalue weighted by atomic mass is 32.1. The van der Waals surface area contributed by atoms with Gasteiger partial charge in [-0.3, -0.25) is 4.90 Å². The van der Waals surface area contributed by atoms with Gasteiger partial charge in [0.25, 0.3) is 0 Å². The van der Waals surface area contributed by atoms with Gasteiger partial charge in [0.2, 0.25) is 0 Å². The first-order chi connectivity index (χ1) is 9.40. The lowest BCUT2D eigenvalue weighted by Crippen LogP contribution is -2.32. The van der Waals surface area contributed by atoms with Crippen molar-refractivity contribution in [2.24, 2.45) is 0 Å². The maximum absolute atomic E-state index is 4.06. The summed E-state index contributed by atoms with van der Waals surface area (Å²) < 4.78 is 3.88. The molecular formula is C14H18N4S. The molecule has 1 aliphatic heterocycles. The largest absolute Gasteiger partial charge is 0.307 e. The number of likely N-dealkylation sites (tertiary alicyclic amines) is 1. The fourth-order valence-electron chi connectivity index (χ4n) is 2.49. The Kier molecular flexibility index (Phi) is 4.17. The van der Waals surface area contributed by atoms with Gasteiger partial charge in [-0.2, -0.15) is 0 Å². The molecule has 1 aromatic carbocycles. The second kappa shape index (κ2) is 6.23. The van der Waals surface area contributed by atoms with Gasteiger partial charge in [0.05, 0.1) is 5.69 Å². The topological polar surface area (TPSA) is 41.0 Å². The quantitative estimate of drug-likeness (QED) is 0.904. The summed E-state index contributed by atoms with van der Waals surface area (Å²) in [4.78, 5) is 2.51. The fraction of sp³-hybridized carbons (Fsp3) is 0.429. The lowest BCUT2D eigenvalue weighted by molar-refractivity contribution is 0.319. The molecule has 1 saturated heterocycles. The van der Waals surface area contributed by atoms with E-state index < -0.39 is 0 Å². The van der Waals surface area contributed by atoms with Gasteiger partial charge in [-0.25, -0.2) is 0 Å². The SMILES string of the molecule is c1ccc(CN2CCC(NCc3csnn3)C2)cc1. The number of rotatable bonds is 5. The van der Waals surface area contributed by atoms with Crippen LogP contribution in [0, 0.1) is 0 Å². The molecule has 100 valence electrons. The zero-order chi connectivity index (χ0) is 12.9. The van der Waals surface area contributed by atoms with Crippen molar-refractivity contribution in [3.8, 4) is 0 Å². The Balaban J connectivity index is 1.45. The van der Waals surface area contributed by atoms with Crippen LogP contribution in [0.25, 0.3) is 0 Å². The van der Waals surface area contributed by atoms with Crippen LogP contribution in [0.5, 0.6) is 0 Å². The molecule has 4 nitrogen and oxygen atoms in total. The van der Waals surface area contributed by atoms with Crippen LogP contribution in [0.1, 0.15) is 17.7 Å². The molecule has 0 saturated carbocycles. The Labute approximate surface area is 117 Å². The van der Waals surface area contributed by atoms with Crippen molar-refractivity contribution < 1.29 is 0 Å². The Morgan fingerprint density at radius 2 is 2.21 bits per heavy atom. The fourth-order valence-corrected chi connectivity index (χ4v) is 2.95. The third kappa shape index (κ3) is 3.59. The van der Waals surface area contributed by atoms with Crippen LogP contribution in [0.3, 0.4) is 0 Å². The van der Waals surface area contributed by atoms with Crippen molar-refractivity contribution in [1.82, 2.24) is 19.8 Å². The summed E-state index contributed by atoms with van der Waals surface area (Å²) >= 11 is 1.41. The molecule has 1 fully saturated rings. The van der Waals surface area contributed by atoms with E-state index in [-0.39, 0.29) is 0 Å². The summed E-state index contributed by atoms with van der Waals surface area (Å²) in [7, 11) is 0. The average molecular weight is 274 g/mol. The van der Waals surface area contributed by atoms with Crippen molar-refractivity contribution in [3.05, 3.63) is 47.0 Å². The number of aromatic nitrogens is 2. The Morgan fingerprint density at radius 1 is 1.32 bits per heavy atom. The standard InChI is InChI=1S/C14H18N4S/c1-2-4-12(5-3-1)9-18-7-6-13(10-18)15-8-14-11-19-17-16-14/h1-5,11,13,15H,6-10H2. The number of benzene rings is 1. The van der Waals surface area contributed by atoms with E-state index in [9.17, 15) is 0 Å². The molecule has 2 aromatic rings. The Morgan fingerprint density at radius 3 is 3.00 bits per heavy atom. The molecule has 0 bridgehead atoms. The predicted octanol–water partition coefficient (Wildman–Crippen LogP) is 1.90. The predicted molar refractivity (Wildman–Crippen MR) is 76.9 cm³/mol. The van der Waals surface area contributed by atoms with Gasteiger partial charge in [0.15, 0.2) is 0 Å². The summed E-state index contributed by atoms with van der Waals surface area (Å²) in [6, 6.07) is 11.3. The molecule has 5 heteroatoms. The van der Waals surface area contributed by atoms with Gasteiger partial charge in [0, 0.05) is 37.6 Å². The highest BCUT2D eigenvalue weighted by Gasteiger charge is 2.21. The van der Waals surface area contributed by atoms with Gasteiger partial charge in [-0.15, -0.1) is 5.10 Å². The maximum atomic E-state index is 4.06. The molecule has 2 heterocycles. The van der Waals surface area contributed by atoms with Crippen molar-refractivity contribution in [2.75, 3.05) is 13.1 Å². The van der Waals surface area contributed by atoms with Crippen LogP contribution in [-0.2, 0) is 13.1 Å². The molecule has 1 aromatic heterocycles. The Hall–Kier alpha value is -1.30. The van der Waals surface area contributed by atoms with Gasteiger partial charge in [-0.1, -0.05) is 34.8 Å². The zero-order valence-corrected chi connectivity index (χ0v) is 11.6. The molecule has 1 unspecified atom stereocenters. The minimum atomic E-state index is 0.574. The van der Waals surface area contributed by atoms with E-state index in [2.05, 4.69) is 50.1 Å². The molecular weight excluding hydrogens is 256 g/mol.